The van der Waals surface area contributed by atoms with E-state index in [-0.39, 0.29) is 0 Å². The molecule has 2 rings (SSSR count). The first-order valence-electron chi connectivity index (χ1n) is 6.10. The van der Waals surface area contributed by atoms with E-state index in [4.69, 9.17) is 0 Å². The van der Waals surface area contributed by atoms with Gasteiger partial charge in [-0.25, -0.2) is 0 Å². The van der Waals surface area contributed by atoms with Crippen LogP contribution >= 0.6 is 0 Å². The second-order valence-electron chi connectivity index (χ2n) is 4.44. The number of phenols is 1. The molecule has 0 unspecified atom stereocenters. The first-order chi connectivity index (χ1) is 8.22. The molecular weight excluding hydrogens is 210 g/mol. The van der Waals surface area contributed by atoms with Crippen molar-refractivity contribution >= 4 is 10.8 Å². The highest BCUT2D eigenvalue weighted by Crippen LogP contribution is 2.27. The van der Waals surface area contributed by atoms with Gasteiger partial charge in [-0.05, 0) is 37.0 Å². The van der Waals surface area contributed by atoms with Gasteiger partial charge in [-0.2, -0.15) is 0 Å². The van der Waals surface area contributed by atoms with Gasteiger partial charge in [0.05, 0.1) is 0 Å². The lowest BCUT2D eigenvalue weighted by molar-refractivity contribution is 0.358. The Bertz CT molecular complexity index is 507. The summed E-state index contributed by atoms with van der Waals surface area (Å²) in [4.78, 5) is 2.29. The SMILES string of the molecule is CCN(C)CCc1ccc(O)c2ccccc12. The van der Waals surface area contributed by atoms with E-state index in [9.17, 15) is 5.11 Å². The monoisotopic (exact) mass is 229 g/mol. The molecule has 17 heavy (non-hydrogen) atoms. The van der Waals surface area contributed by atoms with E-state index in [1.807, 2.05) is 24.3 Å². The number of likely N-dealkylation sites (N-methyl/N-ethyl adjacent to an activating group) is 1. The molecule has 0 heterocycles. The van der Waals surface area contributed by atoms with Gasteiger partial charge in [0.1, 0.15) is 5.75 Å². The number of rotatable bonds is 4. The number of fused-ring (bicyclic) bond motifs is 1. The third kappa shape index (κ3) is 2.59. The molecule has 0 atom stereocenters. The Morgan fingerprint density at radius 2 is 1.76 bits per heavy atom. The first kappa shape index (κ1) is 11.9. The first-order valence-corrected chi connectivity index (χ1v) is 6.10. The maximum absolute atomic E-state index is 9.81. The Balaban J connectivity index is 2.32. The summed E-state index contributed by atoms with van der Waals surface area (Å²) in [6.45, 7) is 4.27. The van der Waals surface area contributed by atoms with Gasteiger partial charge in [0, 0.05) is 11.9 Å². The van der Waals surface area contributed by atoms with Crippen LogP contribution in [-0.4, -0.2) is 30.1 Å². The summed E-state index contributed by atoms with van der Waals surface area (Å²) in [5.41, 5.74) is 1.30. The van der Waals surface area contributed by atoms with E-state index < -0.39 is 0 Å². The van der Waals surface area contributed by atoms with Crippen molar-refractivity contribution < 1.29 is 5.11 Å². The highest BCUT2D eigenvalue weighted by molar-refractivity contribution is 5.90. The lowest BCUT2D eigenvalue weighted by Gasteiger charge is -2.14. The Morgan fingerprint density at radius 3 is 2.47 bits per heavy atom. The molecule has 2 nitrogen and oxygen atoms in total. The second kappa shape index (κ2) is 5.19. The fourth-order valence-electron chi connectivity index (χ4n) is 2.03. The molecule has 0 radical (unpaired) electrons. The van der Waals surface area contributed by atoms with Crippen molar-refractivity contribution in [1.82, 2.24) is 4.90 Å². The fourth-order valence-corrected chi connectivity index (χ4v) is 2.03. The Morgan fingerprint density at radius 1 is 1.06 bits per heavy atom. The molecule has 0 amide bonds. The predicted octanol–water partition coefficient (Wildman–Crippen LogP) is 3.04. The third-order valence-electron chi connectivity index (χ3n) is 3.29. The summed E-state index contributed by atoms with van der Waals surface area (Å²) in [5, 5.41) is 11.9. The van der Waals surface area contributed by atoms with E-state index in [0.717, 1.165) is 30.3 Å². The molecule has 2 aromatic rings. The van der Waals surface area contributed by atoms with Crippen LogP contribution in [0.3, 0.4) is 0 Å². The van der Waals surface area contributed by atoms with Crippen LogP contribution in [0.2, 0.25) is 0 Å². The van der Waals surface area contributed by atoms with Crippen LogP contribution in [0.15, 0.2) is 36.4 Å². The summed E-state index contributed by atoms with van der Waals surface area (Å²) in [5.74, 6) is 0.369. The van der Waals surface area contributed by atoms with Crippen LogP contribution in [-0.2, 0) is 6.42 Å². The number of nitrogens with zero attached hydrogens (tertiary/aromatic N) is 1. The maximum atomic E-state index is 9.81. The van der Waals surface area contributed by atoms with Crippen molar-refractivity contribution in [2.45, 2.75) is 13.3 Å². The van der Waals surface area contributed by atoms with E-state index in [1.165, 1.54) is 5.56 Å². The maximum Gasteiger partial charge on any atom is 0.123 e. The smallest absolute Gasteiger partial charge is 0.123 e. The largest absolute Gasteiger partial charge is 0.507 e. The molecule has 90 valence electrons. The Kier molecular flexibility index (Phi) is 3.64. The van der Waals surface area contributed by atoms with Gasteiger partial charge in [0.2, 0.25) is 0 Å². The summed E-state index contributed by atoms with van der Waals surface area (Å²) in [7, 11) is 2.13. The number of hydrogen-bond donors (Lipinski definition) is 1. The van der Waals surface area contributed by atoms with Crippen molar-refractivity contribution in [3.05, 3.63) is 42.0 Å². The molecule has 1 N–H and O–H groups in total. The van der Waals surface area contributed by atoms with Gasteiger partial charge < -0.3 is 10.0 Å². The molecule has 0 spiro atoms. The van der Waals surface area contributed by atoms with E-state index in [2.05, 4.69) is 24.9 Å². The number of benzene rings is 2. The quantitative estimate of drug-likeness (QED) is 0.871. The molecule has 2 aromatic carbocycles. The third-order valence-corrected chi connectivity index (χ3v) is 3.29. The van der Waals surface area contributed by atoms with Crippen LogP contribution in [0, 0.1) is 0 Å². The van der Waals surface area contributed by atoms with Crippen molar-refractivity contribution in [1.29, 1.82) is 0 Å². The van der Waals surface area contributed by atoms with Crippen LogP contribution in [0.4, 0.5) is 0 Å². The molecule has 0 saturated carbocycles. The van der Waals surface area contributed by atoms with E-state index in [1.54, 1.807) is 6.07 Å². The van der Waals surface area contributed by atoms with Gasteiger partial charge >= 0.3 is 0 Å². The number of aromatic hydroxyl groups is 1. The average Bonchev–Trinajstić information content (AvgIpc) is 2.38. The Labute approximate surface area is 102 Å². The summed E-state index contributed by atoms with van der Waals surface area (Å²) >= 11 is 0. The molecule has 2 heteroatoms. The fraction of sp³-hybridized carbons (Fsp3) is 0.333. The van der Waals surface area contributed by atoms with Gasteiger partial charge in [-0.15, -0.1) is 0 Å². The van der Waals surface area contributed by atoms with Gasteiger partial charge in [-0.1, -0.05) is 37.3 Å². The van der Waals surface area contributed by atoms with Crippen LogP contribution in [0.1, 0.15) is 12.5 Å². The lowest BCUT2D eigenvalue weighted by Crippen LogP contribution is -2.20. The van der Waals surface area contributed by atoms with Crippen molar-refractivity contribution in [2.24, 2.45) is 0 Å². The standard InChI is InChI=1S/C15H19NO/c1-3-16(2)11-10-12-8-9-15(17)14-7-5-4-6-13(12)14/h4-9,17H,3,10-11H2,1-2H3. The van der Waals surface area contributed by atoms with Gasteiger partial charge in [0.25, 0.3) is 0 Å². The topological polar surface area (TPSA) is 23.5 Å². The highest BCUT2D eigenvalue weighted by Gasteiger charge is 2.05. The number of phenolic OH excluding ortho intramolecular Hbond substituents is 1. The zero-order chi connectivity index (χ0) is 12.3. The van der Waals surface area contributed by atoms with Crippen molar-refractivity contribution in [3.63, 3.8) is 0 Å². The van der Waals surface area contributed by atoms with Crippen LogP contribution < -0.4 is 0 Å². The van der Waals surface area contributed by atoms with Gasteiger partial charge in [-0.3, -0.25) is 0 Å². The van der Waals surface area contributed by atoms with E-state index >= 15 is 0 Å². The van der Waals surface area contributed by atoms with Crippen LogP contribution in [0.5, 0.6) is 5.75 Å². The second-order valence-corrected chi connectivity index (χ2v) is 4.44. The van der Waals surface area contributed by atoms with Crippen molar-refractivity contribution in [2.75, 3.05) is 20.1 Å². The summed E-state index contributed by atoms with van der Waals surface area (Å²) < 4.78 is 0. The number of hydrogen-bond acceptors (Lipinski definition) is 2. The lowest BCUT2D eigenvalue weighted by atomic mass is 10.0. The molecule has 0 aliphatic carbocycles. The van der Waals surface area contributed by atoms with Crippen LogP contribution in [0.25, 0.3) is 10.8 Å². The highest BCUT2D eigenvalue weighted by atomic mass is 16.3. The molecule has 0 aromatic heterocycles. The molecule has 0 bridgehead atoms. The molecular formula is C15H19NO. The summed E-state index contributed by atoms with van der Waals surface area (Å²) in [6, 6.07) is 11.9. The minimum absolute atomic E-state index is 0.369. The average molecular weight is 229 g/mol. The minimum Gasteiger partial charge on any atom is -0.507 e. The molecule has 0 aliphatic rings. The normalized spacial score (nSPS) is 11.2. The minimum atomic E-state index is 0.369. The molecule has 0 aliphatic heterocycles. The summed E-state index contributed by atoms with van der Waals surface area (Å²) in [6.07, 6.45) is 1.02. The zero-order valence-corrected chi connectivity index (χ0v) is 10.5. The van der Waals surface area contributed by atoms with E-state index in [0.29, 0.717) is 5.75 Å². The zero-order valence-electron chi connectivity index (χ0n) is 10.5. The Hall–Kier alpha value is -1.54. The predicted molar refractivity (Wildman–Crippen MR) is 72.5 cm³/mol. The molecule has 0 fully saturated rings. The van der Waals surface area contributed by atoms with Crippen molar-refractivity contribution in [3.8, 4) is 5.75 Å². The van der Waals surface area contributed by atoms with Gasteiger partial charge in [0.15, 0.2) is 0 Å². The molecule has 0 saturated heterocycles.